The van der Waals surface area contributed by atoms with Gasteiger partial charge in [0, 0.05) is 25.6 Å². The number of nitrogens with zero attached hydrogens (tertiary/aromatic N) is 1. The first-order chi connectivity index (χ1) is 12.6. The first-order valence-corrected chi connectivity index (χ1v) is 9.77. The summed E-state index contributed by atoms with van der Waals surface area (Å²) in [7, 11) is 0. The van der Waals surface area contributed by atoms with Crippen molar-refractivity contribution in [2.45, 2.75) is 44.8 Å². The number of aliphatic hydroxyl groups is 1. The zero-order valence-corrected chi connectivity index (χ0v) is 15.1. The summed E-state index contributed by atoms with van der Waals surface area (Å²) in [5.74, 6) is -0.00992. The standard InChI is InChI=1S/C20H28FN3O2/c21-17-11-14(1-2-18(17)24-9-3-15(25)4-10-24)13-23-19(26)16-12-20(16)5-7-22-8-6-20/h1-2,11,15-16,22,25H,3-10,12-13H2,(H,23,26)/t16-/m1/s1. The van der Waals surface area contributed by atoms with Crippen molar-refractivity contribution >= 4 is 11.6 Å². The number of nitrogens with one attached hydrogen (secondary N) is 2. The summed E-state index contributed by atoms with van der Waals surface area (Å²) in [6.07, 6.45) is 4.24. The van der Waals surface area contributed by atoms with Crippen LogP contribution in [0.5, 0.6) is 0 Å². The molecule has 0 radical (unpaired) electrons. The number of hydrogen-bond donors (Lipinski definition) is 3. The predicted molar refractivity (Wildman–Crippen MR) is 98.3 cm³/mol. The maximum Gasteiger partial charge on any atom is 0.223 e. The van der Waals surface area contributed by atoms with Crippen LogP contribution in [0.3, 0.4) is 0 Å². The van der Waals surface area contributed by atoms with Crippen molar-refractivity contribution in [1.82, 2.24) is 10.6 Å². The highest BCUT2D eigenvalue weighted by Crippen LogP contribution is 2.58. The highest BCUT2D eigenvalue weighted by Gasteiger charge is 2.57. The topological polar surface area (TPSA) is 64.6 Å². The molecule has 0 aromatic heterocycles. The third-order valence-corrected chi connectivity index (χ3v) is 6.39. The van der Waals surface area contributed by atoms with Crippen LogP contribution in [0.4, 0.5) is 10.1 Å². The van der Waals surface area contributed by atoms with Crippen LogP contribution in [0.15, 0.2) is 18.2 Å². The van der Waals surface area contributed by atoms with Crippen LogP contribution < -0.4 is 15.5 Å². The Labute approximate surface area is 154 Å². The first-order valence-electron chi connectivity index (χ1n) is 9.77. The Bertz CT molecular complexity index is 667. The number of rotatable bonds is 4. The van der Waals surface area contributed by atoms with Gasteiger partial charge >= 0.3 is 0 Å². The van der Waals surface area contributed by atoms with Gasteiger partial charge in [0.25, 0.3) is 0 Å². The molecule has 0 bridgehead atoms. The summed E-state index contributed by atoms with van der Waals surface area (Å²) in [6, 6.07) is 5.20. The van der Waals surface area contributed by atoms with Gasteiger partial charge in [0.1, 0.15) is 5.82 Å². The lowest BCUT2D eigenvalue weighted by molar-refractivity contribution is -0.123. The van der Waals surface area contributed by atoms with E-state index >= 15 is 0 Å². The van der Waals surface area contributed by atoms with E-state index in [0.717, 1.165) is 37.9 Å². The van der Waals surface area contributed by atoms with E-state index in [1.54, 1.807) is 6.07 Å². The lowest BCUT2D eigenvalue weighted by Crippen LogP contribution is -2.36. The molecule has 6 heteroatoms. The van der Waals surface area contributed by atoms with Gasteiger partial charge in [0.05, 0.1) is 11.8 Å². The van der Waals surface area contributed by atoms with Crippen molar-refractivity contribution in [3.05, 3.63) is 29.6 Å². The zero-order chi connectivity index (χ0) is 18.1. The number of amides is 1. The van der Waals surface area contributed by atoms with Crippen LogP contribution in [0.25, 0.3) is 0 Å². The highest BCUT2D eigenvalue weighted by atomic mass is 19.1. The molecule has 2 saturated heterocycles. The average Bonchev–Trinajstić information content (AvgIpc) is 3.34. The van der Waals surface area contributed by atoms with Gasteiger partial charge in [0.15, 0.2) is 0 Å². The Morgan fingerprint density at radius 3 is 2.73 bits per heavy atom. The molecule has 1 atom stereocenters. The van der Waals surface area contributed by atoms with Crippen LogP contribution in [0.1, 0.15) is 37.7 Å². The van der Waals surface area contributed by atoms with Crippen molar-refractivity contribution in [3.63, 3.8) is 0 Å². The van der Waals surface area contributed by atoms with E-state index in [-0.39, 0.29) is 29.2 Å². The number of anilines is 1. The minimum atomic E-state index is -0.269. The Balaban J connectivity index is 1.31. The fraction of sp³-hybridized carbons (Fsp3) is 0.650. The van der Waals surface area contributed by atoms with Crippen molar-refractivity contribution < 1.29 is 14.3 Å². The molecule has 3 aliphatic rings. The quantitative estimate of drug-likeness (QED) is 0.765. The molecule has 0 unspecified atom stereocenters. The van der Waals surface area contributed by atoms with Crippen LogP contribution >= 0.6 is 0 Å². The number of halogens is 1. The third kappa shape index (κ3) is 3.58. The smallest absolute Gasteiger partial charge is 0.223 e. The van der Waals surface area contributed by atoms with Crippen molar-refractivity contribution in [2.75, 3.05) is 31.1 Å². The summed E-state index contributed by atoms with van der Waals surface area (Å²) < 4.78 is 14.5. The molecule has 1 saturated carbocycles. The fourth-order valence-corrected chi connectivity index (χ4v) is 4.53. The molecule has 1 aromatic rings. The van der Waals surface area contributed by atoms with Gasteiger partial charge in [-0.1, -0.05) is 6.07 Å². The van der Waals surface area contributed by atoms with Crippen LogP contribution in [-0.2, 0) is 11.3 Å². The lowest BCUT2D eigenvalue weighted by atomic mass is 9.92. The Kier molecular flexibility index (Phi) is 4.88. The maximum atomic E-state index is 14.5. The van der Waals surface area contributed by atoms with Gasteiger partial charge in [-0.15, -0.1) is 0 Å². The second-order valence-electron chi connectivity index (χ2n) is 8.09. The normalized spacial score (nSPS) is 25.3. The summed E-state index contributed by atoms with van der Waals surface area (Å²) in [5, 5.41) is 15.9. The number of aliphatic hydroxyl groups excluding tert-OH is 1. The van der Waals surface area contributed by atoms with Crippen LogP contribution in [-0.4, -0.2) is 43.3 Å². The Hall–Kier alpha value is -1.66. The van der Waals surface area contributed by atoms with Gasteiger partial charge in [-0.25, -0.2) is 4.39 Å². The zero-order valence-electron chi connectivity index (χ0n) is 15.1. The van der Waals surface area contributed by atoms with Gasteiger partial charge in [0.2, 0.25) is 5.91 Å². The SMILES string of the molecule is O=C(NCc1ccc(N2CCC(O)CC2)c(F)c1)[C@H]1CC12CCNCC2. The molecular formula is C20H28FN3O2. The van der Waals surface area contributed by atoms with Crippen molar-refractivity contribution in [2.24, 2.45) is 11.3 Å². The number of hydrogen-bond acceptors (Lipinski definition) is 4. The first kappa shape index (κ1) is 17.7. The van der Waals surface area contributed by atoms with E-state index in [1.807, 2.05) is 11.0 Å². The average molecular weight is 361 g/mol. The molecule has 1 aliphatic carbocycles. The number of benzene rings is 1. The van der Waals surface area contributed by atoms with Gasteiger partial charge in [-0.05, 0) is 68.3 Å². The molecule has 2 aliphatic heterocycles. The van der Waals surface area contributed by atoms with Crippen LogP contribution in [0, 0.1) is 17.2 Å². The summed E-state index contributed by atoms with van der Waals surface area (Å²) >= 11 is 0. The van der Waals surface area contributed by atoms with E-state index < -0.39 is 0 Å². The minimum absolute atomic E-state index is 0.112. The Morgan fingerprint density at radius 1 is 1.31 bits per heavy atom. The summed E-state index contributed by atoms with van der Waals surface area (Å²) in [5.41, 5.74) is 1.60. The monoisotopic (exact) mass is 361 g/mol. The van der Waals surface area contributed by atoms with Gasteiger partial charge in [-0.3, -0.25) is 4.79 Å². The van der Waals surface area contributed by atoms with Crippen molar-refractivity contribution in [1.29, 1.82) is 0 Å². The molecule has 4 rings (SSSR count). The lowest BCUT2D eigenvalue weighted by Gasteiger charge is -2.31. The summed E-state index contributed by atoms with van der Waals surface area (Å²) in [6.45, 7) is 3.73. The molecule has 1 spiro atoms. The van der Waals surface area contributed by atoms with E-state index in [0.29, 0.717) is 38.2 Å². The largest absolute Gasteiger partial charge is 0.393 e. The highest BCUT2D eigenvalue weighted by molar-refractivity contribution is 5.82. The second kappa shape index (κ2) is 7.16. The number of carbonyl (C=O) groups is 1. The van der Waals surface area contributed by atoms with Crippen molar-refractivity contribution in [3.8, 4) is 0 Å². The number of carbonyl (C=O) groups excluding carboxylic acids is 1. The molecule has 1 amide bonds. The molecule has 5 nitrogen and oxygen atoms in total. The third-order valence-electron chi connectivity index (χ3n) is 6.39. The number of piperidine rings is 2. The van der Waals surface area contributed by atoms with E-state index in [1.165, 1.54) is 6.07 Å². The molecular weight excluding hydrogens is 333 g/mol. The van der Waals surface area contributed by atoms with E-state index in [9.17, 15) is 14.3 Å². The molecule has 3 fully saturated rings. The molecule has 3 N–H and O–H groups in total. The molecule has 1 aromatic carbocycles. The summed E-state index contributed by atoms with van der Waals surface area (Å²) in [4.78, 5) is 14.4. The maximum absolute atomic E-state index is 14.5. The minimum Gasteiger partial charge on any atom is -0.393 e. The molecule has 142 valence electrons. The van der Waals surface area contributed by atoms with Gasteiger partial charge < -0.3 is 20.6 Å². The van der Waals surface area contributed by atoms with E-state index in [4.69, 9.17) is 0 Å². The molecule has 2 heterocycles. The van der Waals surface area contributed by atoms with Crippen LogP contribution in [0.2, 0.25) is 0 Å². The predicted octanol–water partition coefficient (Wildman–Crippen LogP) is 1.79. The fourth-order valence-electron chi connectivity index (χ4n) is 4.53. The second-order valence-corrected chi connectivity index (χ2v) is 8.09. The Morgan fingerprint density at radius 2 is 2.04 bits per heavy atom. The molecule has 26 heavy (non-hydrogen) atoms. The van der Waals surface area contributed by atoms with E-state index in [2.05, 4.69) is 10.6 Å². The van der Waals surface area contributed by atoms with Gasteiger partial charge in [-0.2, -0.15) is 0 Å².